The van der Waals surface area contributed by atoms with Crippen LogP contribution in [0, 0.1) is 0 Å². The van der Waals surface area contributed by atoms with Crippen LogP contribution in [0.15, 0.2) is 42.6 Å². The van der Waals surface area contributed by atoms with Gasteiger partial charge in [0.15, 0.2) is 17.2 Å². The van der Waals surface area contributed by atoms with Crippen LogP contribution < -0.4 is 19.5 Å². The lowest BCUT2D eigenvalue weighted by atomic mass is 9.98. The Balaban J connectivity index is 1.18. The molecule has 0 aliphatic carbocycles. The van der Waals surface area contributed by atoms with E-state index in [1.54, 1.807) is 32.2 Å². The lowest BCUT2D eigenvalue weighted by molar-refractivity contribution is 0.0947. The van der Waals surface area contributed by atoms with Crippen LogP contribution in [0.25, 0.3) is 0 Å². The van der Waals surface area contributed by atoms with E-state index < -0.39 is 0 Å². The summed E-state index contributed by atoms with van der Waals surface area (Å²) in [7, 11) is 4.98. The standard InChI is InChI=1S/C26H33N5O4/c1-33-22-8-6-19(7-9-22)16-31-18-23(28-29-31)26(32)27-11-4-5-12-30-13-10-20-14-24(34-2)25(35-3)15-21(20)17-30/h6-9,14-15,18H,4-5,10-13,16-17H2,1-3H3,(H,27,32). The third-order valence-corrected chi connectivity index (χ3v) is 6.26. The van der Waals surface area contributed by atoms with Crippen molar-refractivity contribution in [3.63, 3.8) is 0 Å². The van der Waals surface area contributed by atoms with Gasteiger partial charge in [0.2, 0.25) is 0 Å². The molecular weight excluding hydrogens is 446 g/mol. The number of carbonyl (C=O) groups excluding carboxylic acids is 1. The van der Waals surface area contributed by atoms with E-state index in [1.807, 2.05) is 24.3 Å². The van der Waals surface area contributed by atoms with Crippen LogP contribution in [0.3, 0.4) is 0 Å². The van der Waals surface area contributed by atoms with Gasteiger partial charge in [-0.1, -0.05) is 17.3 Å². The molecule has 9 heteroatoms. The number of nitrogens with zero attached hydrogens (tertiary/aromatic N) is 4. The highest BCUT2D eigenvalue weighted by Gasteiger charge is 2.19. The van der Waals surface area contributed by atoms with Crippen LogP contribution in [0.4, 0.5) is 0 Å². The zero-order chi connectivity index (χ0) is 24.6. The summed E-state index contributed by atoms with van der Waals surface area (Å²) >= 11 is 0. The van der Waals surface area contributed by atoms with Gasteiger partial charge >= 0.3 is 0 Å². The highest BCUT2D eigenvalue weighted by molar-refractivity contribution is 5.91. The fourth-order valence-electron chi connectivity index (χ4n) is 4.28. The first-order valence-corrected chi connectivity index (χ1v) is 11.9. The first-order chi connectivity index (χ1) is 17.1. The Morgan fingerprint density at radius 3 is 2.46 bits per heavy atom. The van der Waals surface area contributed by atoms with E-state index in [0.717, 1.165) is 61.7 Å². The van der Waals surface area contributed by atoms with Crippen molar-refractivity contribution >= 4 is 5.91 Å². The number of amides is 1. The van der Waals surface area contributed by atoms with Crippen molar-refractivity contribution in [1.29, 1.82) is 0 Å². The quantitative estimate of drug-likeness (QED) is 0.423. The van der Waals surface area contributed by atoms with Crippen LogP contribution in [0.1, 0.15) is 40.0 Å². The van der Waals surface area contributed by atoms with Gasteiger partial charge in [-0.25, -0.2) is 4.68 Å². The number of carbonyl (C=O) groups is 1. The summed E-state index contributed by atoms with van der Waals surface area (Å²) in [6, 6.07) is 11.9. The van der Waals surface area contributed by atoms with Crippen molar-refractivity contribution in [3.8, 4) is 17.2 Å². The van der Waals surface area contributed by atoms with E-state index >= 15 is 0 Å². The number of aromatic nitrogens is 3. The minimum Gasteiger partial charge on any atom is -0.497 e. The molecule has 35 heavy (non-hydrogen) atoms. The predicted molar refractivity (Wildman–Crippen MR) is 132 cm³/mol. The molecule has 0 radical (unpaired) electrons. The normalized spacial score (nSPS) is 13.2. The maximum absolute atomic E-state index is 12.4. The summed E-state index contributed by atoms with van der Waals surface area (Å²) in [4.78, 5) is 14.9. The minimum atomic E-state index is -0.195. The summed E-state index contributed by atoms with van der Waals surface area (Å²) in [6.07, 6.45) is 4.58. The molecule has 0 spiro atoms. The minimum absolute atomic E-state index is 0.195. The van der Waals surface area contributed by atoms with E-state index in [1.165, 1.54) is 11.1 Å². The number of ether oxygens (including phenoxy) is 3. The number of methoxy groups -OCH3 is 3. The lowest BCUT2D eigenvalue weighted by Crippen LogP contribution is -2.32. The van der Waals surface area contributed by atoms with E-state index in [9.17, 15) is 4.79 Å². The van der Waals surface area contributed by atoms with Gasteiger partial charge in [-0.15, -0.1) is 5.10 Å². The molecule has 0 saturated carbocycles. The molecule has 2 aromatic carbocycles. The molecular formula is C26H33N5O4. The maximum Gasteiger partial charge on any atom is 0.273 e. The third-order valence-electron chi connectivity index (χ3n) is 6.26. The van der Waals surface area contributed by atoms with Crippen molar-refractivity contribution in [2.45, 2.75) is 32.4 Å². The molecule has 2 heterocycles. The van der Waals surface area contributed by atoms with Crippen molar-refractivity contribution in [2.24, 2.45) is 0 Å². The number of benzene rings is 2. The molecule has 0 atom stereocenters. The van der Waals surface area contributed by atoms with E-state index in [2.05, 4.69) is 32.7 Å². The SMILES string of the molecule is COc1ccc(Cn2cc(C(=O)NCCCCN3CCc4cc(OC)c(OC)cc4C3)nn2)cc1. The van der Waals surface area contributed by atoms with Crippen molar-refractivity contribution in [1.82, 2.24) is 25.2 Å². The highest BCUT2D eigenvalue weighted by atomic mass is 16.5. The number of hydrogen-bond donors (Lipinski definition) is 1. The Morgan fingerprint density at radius 1 is 1.00 bits per heavy atom. The van der Waals surface area contributed by atoms with Gasteiger partial charge in [0, 0.05) is 19.6 Å². The Hall–Kier alpha value is -3.59. The molecule has 186 valence electrons. The molecule has 3 aromatic rings. The molecule has 4 rings (SSSR count). The van der Waals surface area contributed by atoms with Gasteiger partial charge < -0.3 is 19.5 Å². The average Bonchev–Trinajstić information content (AvgIpc) is 3.36. The third kappa shape index (κ3) is 6.30. The molecule has 9 nitrogen and oxygen atoms in total. The number of fused-ring (bicyclic) bond motifs is 1. The Kier molecular flexibility index (Phi) is 8.20. The molecule has 1 aromatic heterocycles. The zero-order valence-electron chi connectivity index (χ0n) is 20.6. The van der Waals surface area contributed by atoms with Crippen LogP contribution in [-0.2, 0) is 19.5 Å². The van der Waals surface area contributed by atoms with Gasteiger partial charge in [-0.05, 0) is 66.8 Å². The topological polar surface area (TPSA) is 90.7 Å². The lowest BCUT2D eigenvalue weighted by Gasteiger charge is -2.29. The van der Waals surface area contributed by atoms with Crippen LogP contribution in [-0.4, -0.2) is 66.8 Å². The summed E-state index contributed by atoms with van der Waals surface area (Å²) in [6.45, 7) is 4.06. The summed E-state index contributed by atoms with van der Waals surface area (Å²) in [5.74, 6) is 2.17. The Morgan fingerprint density at radius 2 is 1.74 bits per heavy atom. The highest BCUT2D eigenvalue weighted by Crippen LogP contribution is 2.33. The summed E-state index contributed by atoms with van der Waals surface area (Å²) in [5.41, 5.74) is 4.00. The molecule has 1 aliphatic heterocycles. The summed E-state index contributed by atoms with van der Waals surface area (Å²) < 4.78 is 17.7. The number of hydrogen-bond acceptors (Lipinski definition) is 7. The second-order valence-electron chi connectivity index (χ2n) is 8.61. The van der Waals surface area contributed by atoms with Crippen LogP contribution in [0.2, 0.25) is 0 Å². The first-order valence-electron chi connectivity index (χ1n) is 11.9. The van der Waals surface area contributed by atoms with Gasteiger partial charge in [0.1, 0.15) is 5.75 Å². The van der Waals surface area contributed by atoms with Crippen molar-refractivity contribution in [3.05, 3.63) is 65.0 Å². The van der Waals surface area contributed by atoms with Gasteiger partial charge in [0.05, 0.1) is 34.1 Å². The van der Waals surface area contributed by atoms with Gasteiger partial charge in [-0.3, -0.25) is 9.69 Å². The Labute approximate surface area is 206 Å². The van der Waals surface area contributed by atoms with E-state index in [4.69, 9.17) is 14.2 Å². The van der Waals surface area contributed by atoms with Gasteiger partial charge in [0.25, 0.3) is 5.91 Å². The molecule has 1 amide bonds. The maximum atomic E-state index is 12.4. The summed E-state index contributed by atoms with van der Waals surface area (Å²) in [5, 5.41) is 11.0. The molecule has 0 bridgehead atoms. The number of unbranched alkanes of at least 4 members (excludes halogenated alkanes) is 1. The fourth-order valence-corrected chi connectivity index (χ4v) is 4.28. The van der Waals surface area contributed by atoms with Crippen LogP contribution >= 0.6 is 0 Å². The molecule has 0 unspecified atom stereocenters. The first kappa shape index (κ1) is 24.5. The fraction of sp³-hybridized carbons (Fsp3) is 0.423. The largest absolute Gasteiger partial charge is 0.497 e. The van der Waals surface area contributed by atoms with Crippen molar-refractivity contribution in [2.75, 3.05) is 41.0 Å². The zero-order valence-corrected chi connectivity index (χ0v) is 20.6. The second kappa shape index (κ2) is 11.7. The van der Waals surface area contributed by atoms with E-state index in [-0.39, 0.29) is 5.91 Å². The number of nitrogens with one attached hydrogen (secondary N) is 1. The number of rotatable bonds is 11. The van der Waals surface area contributed by atoms with E-state index in [0.29, 0.717) is 18.8 Å². The molecule has 1 aliphatic rings. The second-order valence-corrected chi connectivity index (χ2v) is 8.61. The molecule has 0 fully saturated rings. The van der Waals surface area contributed by atoms with Gasteiger partial charge in [-0.2, -0.15) is 0 Å². The van der Waals surface area contributed by atoms with Crippen LogP contribution in [0.5, 0.6) is 17.2 Å². The van der Waals surface area contributed by atoms with Crippen molar-refractivity contribution < 1.29 is 19.0 Å². The Bertz CT molecular complexity index is 1130. The molecule has 0 saturated heterocycles. The molecule has 1 N–H and O–H groups in total. The smallest absolute Gasteiger partial charge is 0.273 e. The predicted octanol–water partition coefficient (Wildman–Crippen LogP) is 2.92. The average molecular weight is 480 g/mol. The monoisotopic (exact) mass is 479 g/mol.